The summed E-state index contributed by atoms with van der Waals surface area (Å²) in [5, 5.41) is 6.08. The summed E-state index contributed by atoms with van der Waals surface area (Å²) >= 11 is 0. The van der Waals surface area contributed by atoms with Gasteiger partial charge in [0.05, 0.1) is 11.0 Å². The SMILES string of the molecule is O=c1[nH]nc(-c2nc3ccccc3[nH]2)[nH]1. The molecule has 0 amide bonds. The molecule has 0 aliphatic heterocycles. The van der Waals surface area contributed by atoms with Crippen LogP contribution in [0, 0.1) is 0 Å². The van der Waals surface area contributed by atoms with Crippen LogP contribution in [0.4, 0.5) is 0 Å². The van der Waals surface area contributed by atoms with Crippen molar-refractivity contribution in [3.8, 4) is 11.6 Å². The Bertz CT molecular complexity index is 629. The lowest BCUT2D eigenvalue weighted by molar-refractivity contribution is 1.05. The lowest BCUT2D eigenvalue weighted by Crippen LogP contribution is -2.00. The maximum Gasteiger partial charge on any atom is 0.341 e. The van der Waals surface area contributed by atoms with Crippen molar-refractivity contribution in [3.63, 3.8) is 0 Å². The quantitative estimate of drug-likeness (QED) is 0.539. The van der Waals surface area contributed by atoms with Gasteiger partial charge in [0, 0.05) is 0 Å². The maximum absolute atomic E-state index is 10.9. The second-order valence-electron chi connectivity index (χ2n) is 3.13. The molecule has 15 heavy (non-hydrogen) atoms. The number of benzene rings is 1. The normalized spacial score (nSPS) is 10.9. The Balaban J connectivity index is 2.24. The number of rotatable bonds is 1. The number of aromatic amines is 3. The average Bonchev–Trinajstić information content (AvgIpc) is 2.82. The zero-order valence-electron chi connectivity index (χ0n) is 7.61. The molecule has 1 aromatic carbocycles. The summed E-state index contributed by atoms with van der Waals surface area (Å²) in [4.78, 5) is 20.8. The minimum Gasteiger partial charge on any atom is -0.335 e. The molecule has 2 heterocycles. The molecule has 0 spiro atoms. The highest BCUT2D eigenvalue weighted by Gasteiger charge is 2.07. The standard InChI is InChI=1S/C9H7N5O/c15-9-12-8(13-14-9)7-10-5-3-1-2-4-6(5)11-7/h1-4H,(H,10,11)(H2,12,13,14,15). The first-order valence-corrected chi connectivity index (χ1v) is 4.43. The van der Waals surface area contributed by atoms with Gasteiger partial charge in [0.15, 0.2) is 11.6 Å². The monoisotopic (exact) mass is 201 g/mol. The zero-order valence-corrected chi connectivity index (χ0v) is 7.61. The van der Waals surface area contributed by atoms with Gasteiger partial charge in [0.1, 0.15) is 0 Å². The number of H-pyrrole nitrogens is 3. The molecule has 0 saturated carbocycles. The summed E-state index contributed by atoms with van der Waals surface area (Å²) in [6, 6.07) is 7.62. The first kappa shape index (κ1) is 7.98. The summed E-state index contributed by atoms with van der Waals surface area (Å²) in [6.45, 7) is 0. The predicted octanol–water partition coefficient (Wildman–Crippen LogP) is 0.641. The zero-order chi connectivity index (χ0) is 10.3. The van der Waals surface area contributed by atoms with Crippen molar-refractivity contribution in [2.24, 2.45) is 0 Å². The molecule has 0 unspecified atom stereocenters. The second-order valence-corrected chi connectivity index (χ2v) is 3.13. The van der Waals surface area contributed by atoms with E-state index in [0.717, 1.165) is 11.0 Å². The topological polar surface area (TPSA) is 90.2 Å². The Morgan fingerprint density at radius 1 is 1.07 bits per heavy atom. The maximum atomic E-state index is 10.9. The van der Waals surface area contributed by atoms with Crippen LogP contribution >= 0.6 is 0 Å². The molecule has 74 valence electrons. The van der Waals surface area contributed by atoms with Gasteiger partial charge in [-0.05, 0) is 12.1 Å². The summed E-state index contributed by atoms with van der Waals surface area (Å²) in [5.41, 5.74) is 1.41. The number of fused-ring (bicyclic) bond motifs is 1. The fourth-order valence-electron chi connectivity index (χ4n) is 1.45. The summed E-state index contributed by atoms with van der Waals surface area (Å²) in [7, 11) is 0. The molecule has 0 aliphatic carbocycles. The molecule has 2 aromatic heterocycles. The van der Waals surface area contributed by atoms with Crippen LogP contribution in [-0.4, -0.2) is 25.1 Å². The number of nitrogens with one attached hydrogen (secondary N) is 3. The average molecular weight is 201 g/mol. The van der Waals surface area contributed by atoms with Gasteiger partial charge >= 0.3 is 5.69 Å². The van der Waals surface area contributed by atoms with Crippen LogP contribution in [-0.2, 0) is 0 Å². The van der Waals surface area contributed by atoms with E-state index in [1.807, 2.05) is 24.3 Å². The van der Waals surface area contributed by atoms with Crippen LogP contribution in [0.25, 0.3) is 22.7 Å². The van der Waals surface area contributed by atoms with Gasteiger partial charge in [-0.25, -0.2) is 14.9 Å². The molecule has 3 aromatic rings. The van der Waals surface area contributed by atoms with E-state index in [1.54, 1.807) is 0 Å². The second kappa shape index (κ2) is 2.81. The lowest BCUT2D eigenvalue weighted by Gasteiger charge is -1.84. The molecule has 0 aliphatic rings. The number of hydrogen-bond donors (Lipinski definition) is 3. The van der Waals surface area contributed by atoms with E-state index >= 15 is 0 Å². The van der Waals surface area contributed by atoms with Crippen molar-refractivity contribution in [1.29, 1.82) is 0 Å². The largest absolute Gasteiger partial charge is 0.341 e. The Morgan fingerprint density at radius 3 is 2.67 bits per heavy atom. The minimum atomic E-state index is -0.342. The third-order valence-electron chi connectivity index (χ3n) is 2.11. The first-order valence-electron chi connectivity index (χ1n) is 4.43. The van der Waals surface area contributed by atoms with Crippen LogP contribution in [0.3, 0.4) is 0 Å². The number of imidazole rings is 1. The summed E-state index contributed by atoms with van der Waals surface area (Å²) in [5.74, 6) is 0.964. The highest BCUT2D eigenvalue weighted by molar-refractivity contribution is 5.77. The van der Waals surface area contributed by atoms with E-state index in [-0.39, 0.29) is 5.69 Å². The fourth-order valence-corrected chi connectivity index (χ4v) is 1.45. The van der Waals surface area contributed by atoms with Gasteiger partial charge in [0.25, 0.3) is 0 Å². The van der Waals surface area contributed by atoms with E-state index in [4.69, 9.17) is 0 Å². The third-order valence-corrected chi connectivity index (χ3v) is 2.11. The van der Waals surface area contributed by atoms with Crippen LogP contribution in [0.1, 0.15) is 0 Å². The number of hydrogen-bond acceptors (Lipinski definition) is 3. The summed E-state index contributed by atoms with van der Waals surface area (Å²) in [6.07, 6.45) is 0. The molecule has 0 bridgehead atoms. The number of para-hydroxylation sites is 2. The molecule has 0 fully saturated rings. The van der Waals surface area contributed by atoms with Crippen LogP contribution in [0.5, 0.6) is 0 Å². The molecular formula is C9H7N5O. The highest BCUT2D eigenvalue weighted by Crippen LogP contribution is 2.15. The first-order chi connectivity index (χ1) is 7.33. The van der Waals surface area contributed by atoms with Crippen LogP contribution in [0.2, 0.25) is 0 Å². The number of aromatic nitrogens is 5. The smallest absolute Gasteiger partial charge is 0.335 e. The molecule has 0 saturated heterocycles. The molecule has 0 radical (unpaired) electrons. The minimum absolute atomic E-state index is 0.342. The number of nitrogens with zero attached hydrogens (tertiary/aromatic N) is 2. The van der Waals surface area contributed by atoms with Crippen molar-refractivity contribution in [2.75, 3.05) is 0 Å². The van der Waals surface area contributed by atoms with Crippen molar-refractivity contribution in [3.05, 3.63) is 34.7 Å². The van der Waals surface area contributed by atoms with Gasteiger partial charge in [-0.3, -0.25) is 4.98 Å². The molecule has 3 N–H and O–H groups in total. The van der Waals surface area contributed by atoms with Gasteiger partial charge in [-0.1, -0.05) is 12.1 Å². The molecular weight excluding hydrogens is 194 g/mol. The summed E-state index contributed by atoms with van der Waals surface area (Å²) < 4.78 is 0. The van der Waals surface area contributed by atoms with E-state index in [0.29, 0.717) is 11.6 Å². The predicted molar refractivity (Wildman–Crippen MR) is 54.3 cm³/mol. The van der Waals surface area contributed by atoms with Gasteiger partial charge < -0.3 is 4.98 Å². The lowest BCUT2D eigenvalue weighted by atomic mass is 10.3. The Kier molecular flexibility index (Phi) is 1.49. The van der Waals surface area contributed by atoms with Crippen molar-refractivity contribution in [2.45, 2.75) is 0 Å². The van der Waals surface area contributed by atoms with Gasteiger partial charge in [0.2, 0.25) is 0 Å². The Hall–Kier alpha value is -2.37. The van der Waals surface area contributed by atoms with E-state index in [2.05, 4.69) is 25.1 Å². The fraction of sp³-hybridized carbons (Fsp3) is 0. The molecule has 0 atom stereocenters. The van der Waals surface area contributed by atoms with Gasteiger partial charge in [-0.15, -0.1) is 5.10 Å². The highest BCUT2D eigenvalue weighted by atomic mass is 16.1. The van der Waals surface area contributed by atoms with Crippen molar-refractivity contribution >= 4 is 11.0 Å². The van der Waals surface area contributed by atoms with E-state index < -0.39 is 0 Å². The van der Waals surface area contributed by atoms with Crippen molar-refractivity contribution in [1.82, 2.24) is 25.1 Å². The Labute approximate surface area is 83.4 Å². The van der Waals surface area contributed by atoms with Crippen LogP contribution in [0.15, 0.2) is 29.1 Å². The van der Waals surface area contributed by atoms with E-state index in [1.165, 1.54) is 0 Å². The van der Waals surface area contributed by atoms with Crippen LogP contribution < -0.4 is 5.69 Å². The van der Waals surface area contributed by atoms with E-state index in [9.17, 15) is 4.79 Å². The molecule has 3 rings (SSSR count). The van der Waals surface area contributed by atoms with Gasteiger partial charge in [-0.2, -0.15) is 0 Å². The molecule has 6 nitrogen and oxygen atoms in total. The third kappa shape index (κ3) is 1.23. The molecule has 6 heteroatoms. The van der Waals surface area contributed by atoms with Crippen molar-refractivity contribution < 1.29 is 0 Å². The Morgan fingerprint density at radius 2 is 1.93 bits per heavy atom.